The maximum absolute atomic E-state index is 5.90. The highest BCUT2D eigenvalue weighted by Gasteiger charge is 2.32. The SMILES string of the molecule is COc1cccc(C(c2nccn2CCc2ccccc2)N2CCN(c3ccccc3)CC2)c1OC. The summed E-state index contributed by atoms with van der Waals surface area (Å²) in [6, 6.07) is 27.4. The van der Waals surface area contributed by atoms with Gasteiger partial charge in [0.15, 0.2) is 11.5 Å². The number of ether oxygens (including phenoxy) is 2. The van der Waals surface area contributed by atoms with Gasteiger partial charge in [0.05, 0.1) is 20.3 Å². The van der Waals surface area contributed by atoms with Crippen LogP contribution in [0, 0.1) is 0 Å². The number of aryl methyl sites for hydroxylation is 2. The average molecular weight is 483 g/mol. The van der Waals surface area contributed by atoms with Crippen LogP contribution in [0.25, 0.3) is 0 Å². The van der Waals surface area contributed by atoms with Crippen LogP contribution in [0.15, 0.2) is 91.3 Å². The van der Waals surface area contributed by atoms with Gasteiger partial charge >= 0.3 is 0 Å². The molecular formula is C30H34N4O2. The molecule has 4 aromatic rings. The van der Waals surface area contributed by atoms with E-state index in [9.17, 15) is 0 Å². The number of anilines is 1. The van der Waals surface area contributed by atoms with Crippen molar-refractivity contribution in [2.24, 2.45) is 0 Å². The van der Waals surface area contributed by atoms with Crippen LogP contribution < -0.4 is 14.4 Å². The summed E-state index contributed by atoms with van der Waals surface area (Å²) < 4.78 is 13.9. The van der Waals surface area contributed by atoms with Crippen molar-refractivity contribution in [3.63, 3.8) is 0 Å². The number of aromatic nitrogens is 2. The fraction of sp³-hybridized carbons (Fsp3) is 0.300. The quantitative estimate of drug-likeness (QED) is 0.334. The van der Waals surface area contributed by atoms with Gasteiger partial charge in [-0.05, 0) is 30.2 Å². The zero-order valence-corrected chi connectivity index (χ0v) is 21.1. The van der Waals surface area contributed by atoms with E-state index in [2.05, 4.69) is 87.3 Å². The van der Waals surface area contributed by atoms with Crippen LogP contribution in [0.5, 0.6) is 11.5 Å². The fourth-order valence-electron chi connectivity index (χ4n) is 5.16. The number of hydrogen-bond acceptors (Lipinski definition) is 5. The van der Waals surface area contributed by atoms with E-state index in [-0.39, 0.29) is 6.04 Å². The van der Waals surface area contributed by atoms with Gasteiger partial charge < -0.3 is 18.9 Å². The van der Waals surface area contributed by atoms with Crippen molar-refractivity contribution < 1.29 is 9.47 Å². The highest BCUT2D eigenvalue weighted by atomic mass is 16.5. The van der Waals surface area contributed by atoms with E-state index >= 15 is 0 Å². The summed E-state index contributed by atoms with van der Waals surface area (Å²) in [4.78, 5) is 9.88. The molecule has 1 aliphatic rings. The van der Waals surface area contributed by atoms with Gasteiger partial charge in [0, 0.05) is 56.4 Å². The molecule has 2 heterocycles. The lowest BCUT2D eigenvalue weighted by atomic mass is 10.0. The molecule has 1 unspecified atom stereocenters. The van der Waals surface area contributed by atoms with E-state index in [1.54, 1.807) is 14.2 Å². The zero-order chi connectivity index (χ0) is 24.7. The first-order valence-corrected chi connectivity index (χ1v) is 12.6. The number of nitrogens with zero attached hydrogens (tertiary/aromatic N) is 4. The molecule has 1 aromatic heterocycles. The number of rotatable bonds is 9. The van der Waals surface area contributed by atoms with Gasteiger partial charge in [-0.25, -0.2) is 4.98 Å². The minimum absolute atomic E-state index is 0.0428. The second-order valence-electron chi connectivity index (χ2n) is 9.06. The fourth-order valence-corrected chi connectivity index (χ4v) is 5.16. The van der Waals surface area contributed by atoms with Gasteiger partial charge in [-0.15, -0.1) is 0 Å². The summed E-state index contributed by atoms with van der Waals surface area (Å²) in [6.45, 7) is 4.62. The van der Waals surface area contributed by atoms with Crippen molar-refractivity contribution >= 4 is 5.69 Å². The largest absolute Gasteiger partial charge is 0.493 e. The first-order chi connectivity index (χ1) is 17.8. The number of piperazine rings is 1. The number of hydrogen-bond donors (Lipinski definition) is 0. The highest BCUT2D eigenvalue weighted by molar-refractivity contribution is 5.50. The number of benzene rings is 3. The van der Waals surface area contributed by atoms with Crippen molar-refractivity contribution in [3.8, 4) is 11.5 Å². The Balaban J connectivity index is 1.46. The minimum atomic E-state index is -0.0428. The lowest BCUT2D eigenvalue weighted by Gasteiger charge is -2.40. The van der Waals surface area contributed by atoms with Gasteiger partial charge in [0.2, 0.25) is 0 Å². The summed E-state index contributed by atoms with van der Waals surface area (Å²) >= 11 is 0. The van der Waals surface area contributed by atoms with E-state index in [1.807, 2.05) is 18.3 Å². The normalized spacial score (nSPS) is 15.0. The lowest BCUT2D eigenvalue weighted by molar-refractivity contribution is 0.198. The smallest absolute Gasteiger partial charge is 0.165 e. The summed E-state index contributed by atoms with van der Waals surface area (Å²) in [5.41, 5.74) is 3.68. The Hall–Kier alpha value is -3.77. The Bertz CT molecular complexity index is 1230. The van der Waals surface area contributed by atoms with Gasteiger partial charge in [-0.2, -0.15) is 0 Å². The van der Waals surface area contributed by atoms with Crippen LogP contribution in [0.3, 0.4) is 0 Å². The predicted molar refractivity (Wildman–Crippen MR) is 144 cm³/mol. The molecular weight excluding hydrogens is 448 g/mol. The first-order valence-electron chi connectivity index (χ1n) is 12.6. The van der Waals surface area contributed by atoms with Crippen LogP contribution in [0.4, 0.5) is 5.69 Å². The van der Waals surface area contributed by atoms with E-state index in [1.165, 1.54) is 11.3 Å². The lowest BCUT2D eigenvalue weighted by Crippen LogP contribution is -2.48. The van der Waals surface area contributed by atoms with Crippen LogP contribution in [-0.4, -0.2) is 54.8 Å². The predicted octanol–water partition coefficient (Wildman–Crippen LogP) is 5.05. The molecule has 0 amide bonds. The maximum atomic E-state index is 5.90. The van der Waals surface area contributed by atoms with E-state index in [4.69, 9.17) is 14.5 Å². The maximum Gasteiger partial charge on any atom is 0.165 e. The zero-order valence-electron chi connectivity index (χ0n) is 21.1. The molecule has 6 nitrogen and oxygen atoms in total. The molecule has 0 bridgehead atoms. The molecule has 1 fully saturated rings. The number of para-hydroxylation sites is 2. The summed E-state index contributed by atoms with van der Waals surface area (Å²) in [5.74, 6) is 2.55. The molecule has 6 heteroatoms. The second kappa shape index (κ2) is 11.3. The average Bonchev–Trinajstić information content (AvgIpc) is 3.41. The third-order valence-corrected chi connectivity index (χ3v) is 7.01. The molecule has 1 aliphatic heterocycles. The van der Waals surface area contributed by atoms with Crippen molar-refractivity contribution in [2.75, 3.05) is 45.3 Å². The molecule has 0 radical (unpaired) electrons. The van der Waals surface area contributed by atoms with Gasteiger partial charge in [0.1, 0.15) is 5.82 Å². The topological polar surface area (TPSA) is 42.8 Å². The minimum Gasteiger partial charge on any atom is -0.493 e. The Labute approximate surface area is 213 Å². The summed E-state index contributed by atoms with van der Waals surface area (Å²) in [6.07, 6.45) is 4.96. The molecule has 186 valence electrons. The van der Waals surface area contributed by atoms with Crippen LogP contribution in [-0.2, 0) is 13.0 Å². The van der Waals surface area contributed by atoms with E-state index in [0.717, 1.165) is 62.0 Å². The Kier molecular flexibility index (Phi) is 7.52. The number of methoxy groups -OCH3 is 2. The van der Waals surface area contributed by atoms with Crippen molar-refractivity contribution in [1.29, 1.82) is 0 Å². The van der Waals surface area contributed by atoms with Crippen LogP contribution in [0.1, 0.15) is 23.0 Å². The van der Waals surface area contributed by atoms with Crippen molar-refractivity contribution in [2.45, 2.75) is 19.0 Å². The summed E-state index contributed by atoms with van der Waals surface area (Å²) in [5, 5.41) is 0. The van der Waals surface area contributed by atoms with Crippen molar-refractivity contribution in [3.05, 3.63) is 108 Å². The van der Waals surface area contributed by atoms with Crippen molar-refractivity contribution in [1.82, 2.24) is 14.5 Å². The summed E-state index contributed by atoms with van der Waals surface area (Å²) in [7, 11) is 3.41. The molecule has 0 saturated carbocycles. The highest BCUT2D eigenvalue weighted by Crippen LogP contribution is 2.40. The Morgan fingerprint density at radius 1 is 0.806 bits per heavy atom. The molecule has 1 saturated heterocycles. The molecule has 0 aliphatic carbocycles. The van der Waals surface area contributed by atoms with Gasteiger partial charge in [-0.1, -0.05) is 60.7 Å². The second-order valence-corrected chi connectivity index (χ2v) is 9.06. The van der Waals surface area contributed by atoms with E-state index < -0.39 is 0 Å². The van der Waals surface area contributed by atoms with Gasteiger partial charge in [-0.3, -0.25) is 4.90 Å². The van der Waals surface area contributed by atoms with Gasteiger partial charge in [0.25, 0.3) is 0 Å². The number of imidazole rings is 1. The molecule has 0 N–H and O–H groups in total. The molecule has 36 heavy (non-hydrogen) atoms. The third kappa shape index (κ3) is 5.09. The first kappa shape index (κ1) is 23.9. The third-order valence-electron chi connectivity index (χ3n) is 7.01. The monoisotopic (exact) mass is 482 g/mol. The molecule has 3 aromatic carbocycles. The Morgan fingerprint density at radius 3 is 2.22 bits per heavy atom. The molecule has 5 rings (SSSR count). The Morgan fingerprint density at radius 2 is 1.53 bits per heavy atom. The van der Waals surface area contributed by atoms with Crippen LogP contribution in [0.2, 0.25) is 0 Å². The molecule has 0 spiro atoms. The van der Waals surface area contributed by atoms with E-state index in [0.29, 0.717) is 0 Å². The van der Waals surface area contributed by atoms with Crippen LogP contribution >= 0.6 is 0 Å². The molecule has 1 atom stereocenters. The standard InChI is InChI=1S/C30H34N4O2/c1-35-27-15-9-14-26(29(27)36-2)28(33-22-20-32(21-23-33)25-12-7-4-8-13-25)30-31-17-19-34(30)18-16-24-10-5-3-6-11-24/h3-15,17,19,28H,16,18,20-23H2,1-2H3.